The second-order valence-electron chi connectivity index (χ2n) is 10.4. The largest absolute Gasteiger partial charge is 0.344 e. The average Bonchev–Trinajstić information content (AvgIpc) is 3.66. The van der Waals surface area contributed by atoms with Gasteiger partial charge in [-0.25, -0.2) is 8.42 Å². The normalized spacial score (nSPS) is 19.7. The molecule has 0 saturated heterocycles. The topological polar surface area (TPSA) is 144 Å². The highest BCUT2D eigenvalue weighted by Gasteiger charge is 2.38. The van der Waals surface area contributed by atoms with E-state index in [0.717, 1.165) is 25.7 Å². The molecule has 10 nitrogen and oxygen atoms in total. The first-order valence-electron chi connectivity index (χ1n) is 13.1. The highest BCUT2D eigenvalue weighted by molar-refractivity contribution is 7.90. The molecule has 1 saturated carbocycles. The number of hydrogen-bond acceptors (Lipinski definition) is 8. The lowest BCUT2D eigenvalue weighted by Gasteiger charge is -2.28. The van der Waals surface area contributed by atoms with Crippen LogP contribution < -0.4 is 10.0 Å². The zero-order valence-corrected chi connectivity index (χ0v) is 22.7. The third-order valence-corrected chi connectivity index (χ3v) is 8.85. The number of hydrogen-bond donors (Lipinski definition) is 2. The number of amidine groups is 1. The number of Topliss-reactive ketones (excluding diaryl/α,β-unsaturated/α-hetero) is 1. The molecule has 2 aromatic carbocycles. The van der Waals surface area contributed by atoms with Crippen molar-refractivity contribution in [3.8, 4) is 11.4 Å². The second kappa shape index (κ2) is 10.7. The van der Waals surface area contributed by atoms with Crippen LogP contribution in [0.25, 0.3) is 11.4 Å². The van der Waals surface area contributed by atoms with Gasteiger partial charge in [0.05, 0.1) is 10.9 Å². The molecule has 2 aliphatic rings. The van der Waals surface area contributed by atoms with Crippen LogP contribution in [0.2, 0.25) is 0 Å². The Morgan fingerprint density at radius 2 is 1.79 bits per heavy atom. The third-order valence-electron chi connectivity index (χ3n) is 7.46. The van der Waals surface area contributed by atoms with Gasteiger partial charge < -0.3 is 9.84 Å². The highest BCUT2D eigenvalue weighted by atomic mass is 32.2. The summed E-state index contributed by atoms with van der Waals surface area (Å²) in [6.45, 7) is 3.90. The van der Waals surface area contributed by atoms with E-state index in [1.807, 2.05) is 18.2 Å². The lowest BCUT2D eigenvalue weighted by atomic mass is 9.82. The molecule has 0 spiro atoms. The van der Waals surface area contributed by atoms with Gasteiger partial charge in [0, 0.05) is 11.1 Å². The summed E-state index contributed by atoms with van der Waals surface area (Å²) in [5, 5.41) is 6.74. The quantitative estimate of drug-likeness (QED) is 0.385. The van der Waals surface area contributed by atoms with E-state index in [1.165, 1.54) is 6.07 Å². The number of aromatic nitrogens is 2. The van der Waals surface area contributed by atoms with Gasteiger partial charge in [0.15, 0.2) is 0 Å². The fourth-order valence-corrected chi connectivity index (χ4v) is 6.52. The highest BCUT2D eigenvalue weighted by Crippen LogP contribution is 2.42. The molecule has 1 aliphatic carbocycles. The van der Waals surface area contributed by atoms with Gasteiger partial charge in [-0.3, -0.25) is 19.3 Å². The van der Waals surface area contributed by atoms with Crippen molar-refractivity contribution in [3.63, 3.8) is 0 Å². The van der Waals surface area contributed by atoms with Crippen molar-refractivity contribution >= 4 is 27.5 Å². The van der Waals surface area contributed by atoms with Crippen LogP contribution in [0.3, 0.4) is 0 Å². The van der Waals surface area contributed by atoms with Crippen molar-refractivity contribution in [1.82, 2.24) is 20.2 Å². The first kappa shape index (κ1) is 26.7. The summed E-state index contributed by atoms with van der Waals surface area (Å²) < 4.78 is 33.0. The molecule has 1 fully saturated rings. The summed E-state index contributed by atoms with van der Waals surface area (Å²) in [6, 6.07) is 13.9. The molecule has 1 aromatic heterocycles. The molecule has 204 valence electrons. The summed E-state index contributed by atoms with van der Waals surface area (Å²) in [7, 11) is -3.76. The lowest BCUT2D eigenvalue weighted by molar-refractivity contribution is -0.123. The van der Waals surface area contributed by atoms with Crippen LogP contribution in [0.5, 0.6) is 0 Å². The molecule has 11 heteroatoms. The van der Waals surface area contributed by atoms with E-state index in [9.17, 15) is 18.0 Å². The zero-order valence-electron chi connectivity index (χ0n) is 21.9. The zero-order chi connectivity index (χ0) is 27.6. The van der Waals surface area contributed by atoms with E-state index in [1.54, 1.807) is 37.3 Å². The number of aliphatic imine (C=N–C) groups is 1. The Labute approximate surface area is 227 Å². The molecule has 39 heavy (non-hydrogen) atoms. The Kier molecular flexibility index (Phi) is 7.35. The van der Waals surface area contributed by atoms with Gasteiger partial charge in [-0.1, -0.05) is 74.3 Å². The summed E-state index contributed by atoms with van der Waals surface area (Å²) in [6.07, 6.45) is 4.75. The van der Waals surface area contributed by atoms with Crippen molar-refractivity contribution in [3.05, 3.63) is 66.1 Å². The summed E-state index contributed by atoms with van der Waals surface area (Å²) in [4.78, 5) is 35.9. The minimum atomic E-state index is -3.76. The standard InChI is InChI=1S/C28H31N5O5S/c1-3-20(23(34)27-31-24(32-38-27)18-11-5-4-6-12-18)30-26(35)21(17-28(2)15-9-10-16-28)29-25-19-13-7-8-14-22(19)39(36,37)33-25/h4-8,11-14,20-21H,3,9-10,15-17H2,1-2H3,(H,29,33)(H,30,35)/t20-,21?/m0/s1. The van der Waals surface area contributed by atoms with Gasteiger partial charge in [-0.2, -0.15) is 4.98 Å². The Balaban J connectivity index is 1.40. The van der Waals surface area contributed by atoms with Gasteiger partial charge in [0.2, 0.25) is 17.5 Å². The monoisotopic (exact) mass is 549 g/mol. The lowest BCUT2D eigenvalue weighted by Crippen LogP contribution is -2.46. The minimum Gasteiger partial charge on any atom is -0.344 e. The first-order valence-corrected chi connectivity index (χ1v) is 14.6. The van der Waals surface area contributed by atoms with E-state index >= 15 is 0 Å². The van der Waals surface area contributed by atoms with Gasteiger partial charge in [-0.15, -0.1) is 0 Å². The average molecular weight is 550 g/mol. The number of carbonyl (C=O) groups is 2. The summed E-state index contributed by atoms with van der Waals surface area (Å²) >= 11 is 0. The van der Waals surface area contributed by atoms with Gasteiger partial charge in [0.1, 0.15) is 11.9 Å². The Bertz CT molecular complexity index is 1510. The van der Waals surface area contributed by atoms with Crippen LogP contribution in [-0.4, -0.2) is 48.2 Å². The molecule has 5 rings (SSSR count). The SMILES string of the molecule is CC[C@H](NC(=O)C(CC1(C)CCCC1)N=C1NS(=O)(=O)c2ccccc21)C(=O)c1nc(-c2ccccc2)no1. The Morgan fingerprint density at radius 1 is 1.10 bits per heavy atom. The molecule has 0 bridgehead atoms. The van der Waals surface area contributed by atoms with E-state index in [0.29, 0.717) is 24.0 Å². The number of ketones is 1. The Morgan fingerprint density at radius 3 is 2.51 bits per heavy atom. The molecule has 3 aromatic rings. The van der Waals surface area contributed by atoms with E-state index in [-0.39, 0.29) is 27.9 Å². The second-order valence-corrected chi connectivity index (χ2v) is 12.1. The van der Waals surface area contributed by atoms with Crippen LogP contribution in [0.1, 0.15) is 68.6 Å². The third kappa shape index (κ3) is 5.63. The van der Waals surface area contributed by atoms with Crippen LogP contribution in [0.15, 0.2) is 69.0 Å². The van der Waals surface area contributed by atoms with Gasteiger partial charge >= 0.3 is 0 Å². The first-order chi connectivity index (χ1) is 18.7. The van der Waals surface area contributed by atoms with E-state index in [2.05, 4.69) is 32.1 Å². The number of nitrogens with zero attached hydrogens (tertiary/aromatic N) is 3. The van der Waals surface area contributed by atoms with Crippen molar-refractivity contribution in [2.24, 2.45) is 10.4 Å². The summed E-state index contributed by atoms with van der Waals surface area (Å²) in [5.41, 5.74) is 1.01. The van der Waals surface area contributed by atoms with Crippen molar-refractivity contribution < 1.29 is 22.5 Å². The maximum Gasteiger partial charge on any atom is 0.296 e. The number of amides is 1. The molecule has 1 amide bonds. The maximum absolute atomic E-state index is 13.7. The molecule has 2 heterocycles. The van der Waals surface area contributed by atoms with Crippen LogP contribution in [0.4, 0.5) is 0 Å². The molecule has 0 radical (unpaired) electrons. The van der Waals surface area contributed by atoms with Crippen molar-refractivity contribution in [1.29, 1.82) is 0 Å². The smallest absolute Gasteiger partial charge is 0.296 e. The van der Waals surface area contributed by atoms with Crippen molar-refractivity contribution in [2.75, 3.05) is 0 Å². The number of rotatable bonds is 9. The Hall–Kier alpha value is -3.86. The molecule has 1 unspecified atom stereocenters. The van der Waals surface area contributed by atoms with Crippen LogP contribution in [0, 0.1) is 5.41 Å². The predicted molar refractivity (Wildman–Crippen MR) is 145 cm³/mol. The van der Waals surface area contributed by atoms with Crippen LogP contribution in [-0.2, 0) is 14.8 Å². The number of benzene rings is 2. The predicted octanol–water partition coefficient (Wildman–Crippen LogP) is 3.89. The number of fused-ring (bicyclic) bond motifs is 1. The maximum atomic E-state index is 13.7. The van der Waals surface area contributed by atoms with E-state index < -0.39 is 33.8 Å². The number of sulfonamides is 1. The molecule has 2 N–H and O–H groups in total. The molecule has 2 atom stereocenters. The van der Waals surface area contributed by atoms with Crippen molar-refractivity contribution in [2.45, 2.75) is 69.4 Å². The fourth-order valence-electron chi connectivity index (χ4n) is 5.28. The molecular weight excluding hydrogens is 518 g/mol. The molecule has 1 aliphatic heterocycles. The van der Waals surface area contributed by atoms with Gasteiger partial charge in [0.25, 0.3) is 15.9 Å². The summed E-state index contributed by atoms with van der Waals surface area (Å²) in [5.74, 6) is -0.723. The minimum absolute atomic E-state index is 0.119. The van der Waals surface area contributed by atoms with Gasteiger partial charge in [-0.05, 0) is 43.2 Å². The fraction of sp³-hybridized carbons (Fsp3) is 0.393. The van der Waals surface area contributed by atoms with E-state index in [4.69, 9.17) is 4.52 Å². The number of nitrogens with one attached hydrogen (secondary N) is 2. The number of carbonyl (C=O) groups excluding carboxylic acids is 2. The van der Waals surface area contributed by atoms with Crippen LogP contribution >= 0.6 is 0 Å². The molecular formula is C28H31N5O5S.